The van der Waals surface area contributed by atoms with Crippen molar-refractivity contribution in [2.75, 3.05) is 13.2 Å². The van der Waals surface area contributed by atoms with Crippen LogP contribution in [0.3, 0.4) is 0 Å². The minimum absolute atomic E-state index is 0.466. The number of halogens is 1. The van der Waals surface area contributed by atoms with Gasteiger partial charge in [0.2, 0.25) is 0 Å². The Hall–Kier alpha value is -1.26. The number of hydrogen-bond acceptors (Lipinski definition) is 4. The van der Waals surface area contributed by atoms with Crippen LogP contribution in [0, 0.1) is 0 Å². The molecule has 0 aliphatic carbocycles. The number of alkyl halides is 1. The number of rotatable bonds is 7. The summed E-state index contributed by atoms with van der Waals surface area (Å²) in [5, 5.41) is 3.04. The quantitative estimate of drug-likeness (QED) is 0.726. The third kappa shape index (κ3) is 4.40. The van der Waals surface area contributed by atoms with Gasteiger partial charge in [0.05, 0.1) is 29.8 Å². The van der Waals surface area contributed by atoms with Gasteiger partial charge in [-0.05, 0) is 19.1 Å². The molecule has 0 atom stereocenters. The Balaban J connectivity index is 1.83. The van der Waals surface area contributed by atoms with Gasteiger partial charge in [0, 0.05) is 17.9 Å². The van der Waals surface area contributed by atoms with E-state index in [1.54, 1.807) is 11.3 Å². The van der Waals surface area contributed by atoms with Gasteiger partial charge in [0.1, 0.15) is 11.5 Å². The number of hydrogen-bond donors (Lipinski definition) is 0. The highest BCUT2D eigenvalue weighted by atomic mass is 35.5. The second kappa shape index (κ2) is 7.36. The van der Waals surface area contributed by atoms with E-state index >= 15 is 0 Å². The Morgan fingerprint density at radius 1 is 1.26 bits per heavy atom. The molecule has 0 aliphatic heterocycles. The van der Waals surface area contributed by atoms with E-state index in [1.165, 1.54) is 0 Å². The molecule has 0 N–H and O–H groups in total. The Morgan fingerprint density at radius 3 is 2.74 bits per heavy atom. The third-order valence-corrected chi connectivity index (χ3v) is 3.67. The lowest BCUT2D eigenvalue weighted by Crippen LogP contribution is -2.01. The van der Waals surface area contributed by atoms with Crippen molar-refractivity contribution < 1.29 is 9.47 Å². The molecule has 0 aliphatic rings. The first-order valence-electron chi connectivity index (χ1n) is 6.16. The molecule has 0 spiro atoms. The predicted octanol–water partition coefficient (Wildman–Crippen LogP) is 3.90. The SMILES string of the molecule is CCOc1cccc(OCCc2nc(CCl)cs2)c1. The largest absolute Gasteiger partial charge is 0.494 e. The van der Waals surface area contributed by atoms with Crippen molar-refractivity contribution in [2.45, 2.75) is 19.2 Å². The number of nitrogens with zero attached hydrogens (tertiary/aromatic N) is 1. The molecule has 3 nitrogen and oxygen atoms in total. The molecule has 2 rings (SSSR count). The zero-order valence-corrected chi connectivity index (χ0v) is 12.3. The van der Waals surface area contributed by atoms with Crippen LogP contribution in [0.1, 0.15) is 17.6 Å². The van der Waals surface area contributed by atoms with Crippen molar-refractivity contribution in [3.05, 3.63) is 40.3 Å². The average Bonchev–Trinajstić information content (AvgIpc) is 2.88. The lowest BCUT2D eigenvalue weighted by atomic mass is 10.3. The van der Waals surface area contributed by atoms with Gasteiger partial charge in [-0.1, -0.05) is 6.07 Å². The molecule has 0 saturated heterocycles. The molecule has 2 aromatic rings. The number of thiazole rings is 1. The summed E-state index contributed by atoms with van der Waals surface area (Å²) in [7, 11) is 0. The Kier molecular flexibility index (Phi) is 5.48. The first kappa shape index (κ1) is 14.2. The molecular formula is C14H16ClNO2S. The maximum atomic E-state index is 5.72. The fraction of sp³-hybridized carbons (Fsp3) is 0.357. The molecule has 0 unspecified atom stereocenters. The van der Waals surface area contributed by atoms with Gasteiger partial charge in [0.15, 0.2) is 0 Å². The molecule has 102 valence electrons. The van der Waals surface area contributed by atoms with Crippen LogP contribution in [0.25, 0.3) is 0 Å². The summed E-state index contributed by atoms with van der Waals surface area (Å²) in [6.07, 6.45) is 0.792. The van der Waals surface area contributed by atoms with Crippen LogP contribution < -0.4 is 9.47 Å². The second-order valence-corrected chi connectivity index (χ2v) is 5.08. The summed E-state index contributed by atoms with van der Waals surface area (Å²) in [6, 6.07) is 7.67. The Labute approximate surface area is 122 Å². The molecule has 0 bridgehead atoms. The van der Waals surface area contributed by atoms with Crippen LogP contribution in [0.2, 0.25) is 0 Å². The molecular weight excluding hydrogens is 282 g/mol. The van der Waals surface area contributed by atoms with E-state index in [-0.39, 0.29) is 0 Å². The molecule has 5 heteroatoms. The standard InChI is InChI=1S/C14H16ClNO2S/c1-2-17-12-4-3-5-13(8-12)18-7-6-14-16-11(9-15)10-19-14/h3-5,8,10H,2,6-7,9H2,1H3. The summed E-state index contributed by atoms with van der Waals surface area (Å²) >= 11 is 7.34. The first-order chi connectivity index (χ1) is 9.31. The summed E-state index contributed by atoms with van der Waals surface area (Å²) in [6.45, 7) is 3.22. The van der Waals surface area contributed by atoms with Gasteiger partial charge in [-0.3, -0.25) is 0 Å². The molecule has 0 amide bonds. The Morgan fingerprint density at radius 2 is 2.05 bits per heavy atom. The smallest absolute Gasteiger partial charge is 0.123 e. The number of benzene rings is 1. The highest BCUT2D eigenvalue weighted by Crippen LogP contribution is 2.20. The van der Waals surface area contributed by atoms with E-state index in [2.05, 4.69) is 4.98 Å². The minimum atomic E-state index is 0.466. The van der Waals surface area contributed by atoms with Crippen molar-refractivity contribution in [1.29, 1.82) is 0 Å². The van der Waals surface area contributed by atoms with E-state index in [9.17, 15) is 0 Å². The zero-order valence-electron chi connectivity index (χ0n) is 10.8. The minimum Gasteiger partial charge on any atom is -0.494 e. The maximum absolute atomic E-state index is 5.72. The molecule has 0 fully saturated rings. The Bertz CT molecular complexity index is 516. The van der Waals surface area contributed by atoms with E-state index in [1.807, 2.05) is 36.6 Å². The van der Waals surface area contributed by atoms with Gasteiger partial charge in [0.25, 0.3) is 0 Å². The van der Waals surface area contributed by atoms with Crippen molar-refractivity contribution in [2.24, 2.45) is 0 Å². The van der Waals surface area contributed by atoms with E-state index < -0.39 is 0 Å². The fourth-order valence-corrected chi connectivity index (χ4v) is 2.61. The molecule has 1 aromatic carbocycles. The summed E-state index contributed by atoms with van der Waals surface area (Å²) < 4.78 is 11.1. The zero-order chi connectivity index (χ0) is 13.5. The van der Waals surface area contributed by atoms with Crippen LogP contribution in [-0.2, 0) is 12.3 Å². The summed E-state index contributed by atoms with van der Waals surface area (Å²) in [5.41, 5.74) is 0.931. The van der Waals surface area contributed by atoms with Crippen LogP contribution in [0.5, 0.6) is 11.5 Å². The van der Waals surface area contributed by atoms with Gasteiger partial charge in [-0.2, -0.15) is 0 Å². The van der Waals surface area contributed by atoms with E-state index in [0.29, 0.717) is 19.1 Å². The van der Waals surface area contributed by atoms with Crippen molar-refractivity contribution in [1.82, 2.24) is 4.98 Å². The van der Waals surface area contributed by atoms with Crippen molar-refractivity contribution in [3.63, 3.8) is 0 Å². The van der Waals surface area contributed by atoms with Crippen LogP contribution >= 0.6 is 22.9 Å². The molecule has 1 heterocycles. The van der Waals surface area contributed by atoms with Crippen LogP contribution in [-0.4, -0.2) is 18.2 Å². The second-order valence-electron chi connectivity index (χ2n) is 3.87. The van der Waals surface area contributed by atoms with Crippen molar-refractivity contribution in [3.8, 4) is 11.5 Å². The van der Waals surface area contributed by atoms with Crippen LogP contribution in [0.15, 0.2) is 29.6 Å². The normalized spacial score (nSPS) is 10.4. The number of ether oxygens (including phenoxy) is 2. The highest BCUT2D eigenvalue weighted by Gasteiger charge is 2.02. The lowest BCUT2D eigenvalue weighted by Gasteiger charge is -2.07. The summed E-state index contributed by atoms with van der Waals surface area (Å²) in [5.74, 6) is 2.12. The van der Waals surface area contributed by atoms with Gasteiger partial charge in [-0.25, -0.2) is 4.98 Å². The van der Waals surface area contributed by atoms with Crippen molar-refractivity contribution >= 4 is 22.9 Å². The van der Waals surface area contributed by atoms with Crippen LogP contribution in [0.4, 0.5) is 0 Å². The molecule has 1 aromatic heterocycles. The lowest BCUT2D eigenvalue weighted by molar-refractivity contribution is 0.312. The fourth-order valence-electron chi connectivity index (χ4n) is 1.60. The predicted molar refractivity (Wildman–Crippen MR) is 78.5 cm³/mol. The monoisotopic (exact) mass is 297 g/mol. The maximum Gasteiger partial charge on any atom is 0.123 e. The molecule has 19 heavy (non-hydrogen) atoms. The first-order valence-corrected chi connectivity index (χ1v) is 7.58. The third-order valence-electron chi connectivity index (χ3n) is 2.44. The van der Waals surface area contributed by atoms with E-state index in [0.717, 1.165) is 28.6 Å². The van der Waals surface area contributed by atoms with Gasteiger partial charge < -0.3 is 9.47 Å². The number of aromatic nitrogens is 1. The molecule has 0 saturated carbocycles. The summed E-state index contributed by atoms with van der Waals surface area (Å²) in [4.78, 5) is 4.39. The van der Waals surface area contributed by atoms with Gasteiger partial charge >= 0.3 is 0 Å². The van der Waals surface area contributed by atoms with Gasteiger partial charge in [-0.15, -0.1) is 22.9 Å². The average molecular weight is 298 g/mol. The molecule has 0 radical (unpaired) electrons. The highest BCUT2D eigenvalue weighted by molar-refractivity contribution is 7.09. The van der Waals surface area contributed by atoms with E-state index in [4.69, 9.17) is 21.1 Å². The topological polar surface area (TPSA) is 31.4 Å².